The fraction of sp³-hybridized carbons (Fsp3) is 0.154. The van der Waals surface area contributed by atoms with Crippen molar-refractivity contribution in [2.45, 2.75) is 6.42 Å². The van der Waals surface area contributed by atoms with Crippen molar-refractivity contribution >= 4 is 34.3 Å². The molecule has 118 valence electrons. The first-order valence-corrected chi connectivity index (χ1v) is 7.46. The standard InChI is InChI=1S/C13H11N5O4S/c19-12(20)3-4-15-13-16-18(22)10-5-8(11-6-14-7-23-11)1-2-9(10)17(13)21/h1-2,5-7H,3-4H2,(H,15,16)(H,19,20). The van der Waals surface area contributed by atoms with Gasteiger partial charge in [0.25, 0.3) is 5.52 Å². The van der Waals surface area contributed by atoms with E-state index in [0.29, 0.717) is 9.58 Å². The Labute approximate surface area is 133 Å². The summed E-state index contributed by atoms with van der Waals surface area (Å²) in [6.45, 7) is -0.00493. The highest BCUT2D eigenvalue weighted by molar-refractivity contribution is 7.13. The Morgan fingerprint density at radius 2 is 2.17 bits per heavy atom. The number of thiazole rings is 1. The molecule has 1 aromatic carbocycles. The molecule has 23 heavy (non-hydrogen) atoms. The summed E-state index contributed by atoms with van der Waals surface area (Å²) in [6, 6.07) is 4.80. The Balaban J connectivity index is 1.99. The van der Waals surface area contributed by atoms with Crippen LogP contribution in [0.5, 0.6) is 0 Å². The highest BCUT2D eigenvalue weighted by Crippen LogP contribution is 2.24. The molecule has 0 aliphatic heterocycles. The van der Waals surface area contributed by atoms with E-state index in [1.165, 1.54) is 17.4 Å². The number of benzene rings is 1. The summed E-state index contributed by atoms with van der Waals surface area (Å²) in [5, 5.41) is 39.0. The van der Waals surface area contributed by atoms with Crippen LogP contribution in [0, 0.1) is 10.4 Å². The molecule has 2 heterocycles. The monoisotopic (exact) mass is 333 g/mol. The average Bonchev–Trinajstić information content (AvgIpc) is 3.05. The van der Waals surface area contributed by atoms with Crippen LogP contribution in [-0.4, -0.2) is 27.7 Å². The van der Waals surface area contributed by atoms with Crippen molar-refractivity contribution in [2.75, 3.05) is 11.9 Å². The van der Waals surface area contributed by atoms with Crippen molar-refractivity contribution in [1.82, 2.24) is 10.1 Å². The molecule has 0 fully saturated rings. The number of hydrogen-bond acceptors (Lipinski definition) is 7. The highest BCUT2D eigenvalue weighted by atomic mass is 32.1. The van der Waals surface area contributed by atoms with Gasteiger partial charge in [0, 0.05) is 22.7 Å². The molecule has 0 aliphatic rings. The third-order valence-corrected chi connectivity index (χ3v) is 3.94. The van der Waals surface area contributed by atoms with E-state index in [1.807, 2.05) is 0 Å². The number of nitrogens with one attached hydrogen (secondary N) is 1. The number of rotatable bonds is 5. The number of hydrogen-bond donors (Lipinski definition) is 2. The number of aliphatic carboxylic acids is 1. The Hall–Kier alpha value is -3.01. The minimum Gasteiger partial charge on any atom is -0.739 e. The Kier molecular flexibility index (Phi) is 3.89. The largest absolute Gasteiger partial charge is 0.739 e. The Morgan fingerprint density at radius 1 is 1.35 bits per heavy atom. The quantitative estimate of drug-likeness (QED) is 0.514. The number of carbonyl (C=O) groups is 1. The van der Waals surface area contributed by atoms with Crippen molar-refractivity contribution in [2.24, 2.45) is 0 Å². The Morgan fingerprint density at radius 3 is 2.87 bits per heavy atom. The topological polar surface area (TPSA) is 129 Å². The first kappa shape index (κ1) is 14.9. The van der Waals surface area contributed by atoms with Crippen molar-refractivity contribution < 1.29 is 19.5 Å². The van der Waals surface area contributed by atoms with Gasteiger partial charge in [0.15, 0.2) is 5.52 Å². The fourth-order valence-electron chi connectivity index (χ4n) is 2.04. The molecule has 0 amide bonds. The van der Waals surface area contributed by atoms with Gasteiger partial charge in [0.2, 0.25) is 5.10 Å². The van der Waals surface area contributed by atoms with Gasteiger partial charge in [-0.15, -0.1) is 11.3 Å². The van der Waals surface area contributed by atoms with Gasteiger partial charge in [0.05, 0.1) is 23.4 Å². The lowest BCUT2D eigenvalue weighted by Gasteiger charge is -2.10. The second kappa shape index (κ2) is 6.01. The molecule has 0 radical (unpaired) electrons. The minimum absolute atomic E-state index is 0.00493. The molecule has 0 aliphatic carbocycles. The van der Waals surface area contributed by atoms with Gasteiger partial charge in [-0.1, -0.05) is 0 Å². The molecule has 2 N–H and O–H groups in total. The van der Waals surface area contributed by atoms with Gasteiger partial charge >= 0.3 is 11.9 Å². The van der Waals surface area contributed by atoms with E-state index in [4.69, 9.17) is 5.11 Å². The molecular formula is C13H11N5O4S. The van der Waals surface area contributed by atoms with Crippen LogP contribution >= 0.6 is 11.3 Å². The molecular weight excluding hydrogens is 322 g/mol. The lowest BCUT2D eigenvalue weighted by molar-refractivity contribution is -0.672. The summed E-state index contributed by atoms with van der Waals surface area (Å²) in [5.41, 5.74) is 2.69. The summed E-state index contributed by atoms with van der Waals surface area (Å²) in [5.74, 6) is -1.25. The zero-order valence-electron chi connectivity index (χ0n) is 11.7. The van der Waals surface area contributed by atoms with E-state index in [2.05, 4.69) is 15.4 Å². The van der Waals surface area contributed by atoms with Gasteiger partial charge in [0.1, 0.15) is 0 Å². The molecule has 10 heteroatoms. The maximum atomic E-state index is 12.2. The number of carboxylic acids is 1. The van der Waals surface area contributed by atoms with Crippen LogP contribution in [0.2, 0.25) is 0 Å². The number of fused-ring (bicyclic) bond motifs is 1. The number of aromatic nitrogens is 4. The molecule has 0 unspecified atom stereocenters. The van der Waals surface area contributed by atoms with Crippen molar-refractivity contribution in [1.29, 1.82) is 0 Å². The van der Waals surface area contributed by atoms with Gasteiger partial charge in [-0.3, -0.25) is 15.1 Å². The van der Waals surface area contributed by atoms with E-state index >= 15 is 0 Å². The molecule has 3 aromatic rings. The van der Waals surface area contributed by atoms with Crippen LogP contribution < -0.4 is 14.9 Å². The maximum Gasteiger partial charge on any atom is 0.460 e. The van der Waals surface area contributed by atoms with Crippen LogP contribution in [0.15, 0.2) is 29.9 Å². The zero-order chi connectivity index (χ0) is 16.4. The van der Waals surface area contributed by atoms with Crippen molar-refractivity contribution in [3.8, 4) is 10.4 Å². The van der Waals surface area contributed by atoms with Crippen molar-refractivity contribution in [3.63, 3.8) is 0 Å². The number of nitrogens with zero attached hydrogens (tertiary/aromatic N) is 4. The summed E-state index contributed by atoms with van der Waals surface area (Å²) in [6.07, 6.45) is 1.48. The predicted molar refractivity (Wildman–Crippen MR) is 81.5 cm³/mol. The smallest absolute Gasteiger partial charge is 0.460 e. The van der Waals surface area contributed by atoms with Crippen LogP contribution in [-0.2, 0) is 4.79 Å². The van der Waals surface area contributed by atoms with E-state index in [-0.39, 0.29) is 29.9 Å². The first-order valence-electron chi connectivity index (χ1n) is 6.58. The van der Waals surface area contributed by atoms with Crippen LogP contribution in [0.1, 0.15) is 6.42 Å². The molecule has 0 saturated carbocycles. The molecule has 2 aromatic heterocycles. The van der Waals surface area contributed by atoms with Gasteiger partial charge < -0.3 is 15.5 Å². The van der Waals surface area contributed by atoms with Crippen LogP contribution in [0.4, 0.5) is 5.95 Å². The highest BCUT2D eigenvalue weighted by Gasteiger charge is 2.21. The average molecular weight is 333 g/mol. The summed E-state index contributed by atoms with van der Waals surface area (Å²) in [4.78, 5) is 15.7. The Bertz CT molecular complexity index is 868. The lowest BCUT2D eigenvalue weighted by atomic mass is 10.2. The number of anilines is 1. The maximum absolute atomic E-state index is 12.2. The van der Waals surface area contributed by atoms with Crippen molar-refractivity contribution in [3.05, 3.63) is 40.3 Å². The molecule has 0 atom stereocenters. The minimum atomic E-state index is -1.01. The van der Waals surface area contributed by atoms with Gasteiger partial charge in [-0.25, -0.2) is 4.73 Å². The van der Waals surface area contributed by atoms with Crippen LogP contribution in [0.3, 0.4) is 0 Å². The third-order valence-electron chi connectivity index (χ3n) is 3.12. The van der Waals surface area contributed by atoms with E-state index in [1.54, 1.807) is 23.8 Å². The van der Waals surface area contributed by atoms with E-state index in [0.717, 1.165) is 10.4 Å². The number of carboxylic acid groups (broad SMARTS) is 1. The fourth-order valence-corrected chi connectivity index (χ4v) is 2.66. The third kappa shape index (κ3) is 2.97. The van der Waals surface area contributed by atoms with E-state index in [9.17, 15) is 15.2 Å². The second-order valence-corrected chi connectivity index (χ2v) is 5.52. The summed E-state index contributed by atoms with van der Waals surface area (Å²) in [7, 11) is 0. The predicted octanol–water partition coefficient (Wildman–Crippen LogP) is 0.512. The van der Waals surface area contributed by atoms with Gasteiger partial charge in [-0.2, -0.15) is 0 Å². The molecule has 9 nitrogen and oxygen atoms in total. The molecule has 0 saturated heterocycles. The van der Waals surface area contributed by atoms with Crippen LogP contribution in [0.25, 0.3) is 21.5 Å². The molecule has 0 spiro atoms. The zero-order valence-corrected chi connectivity index (χ0v) is 12.5. The summed E-state index contributed by atoms with van der Waals surface area (Å²) >= 11 is 1.42. The molecule has 0 bridgehead atoms. The first-order chi connectivity index (χ1) is 11.1. The normalized spacial score (nSPS) is 10.8. The SMILES string of the molecule is O=C(O)CCNc1n[n+]([O-])c2cc(-c3cncs3)ccc2[n+]1[O-]. The molecule has 3 rings (SSSR count). The summed E-state index contributed by atoms with van der Waals surface area (Å²) < 4.78 is 0.474. The van der Waals surface area contributed by atoms with Gasteiger partial charge in [-0.05, 0) is 12.1 Å². The second-order valence-electron chi connectivity index (χ2n) is 4.63. The lowest BCUT2D eigenvalue weighted by Crippen LogP contribution is -2.44. The van der Waals surface area contributed by atoms with E-state index < -0.39 is 5.97 Å².